The molecule has 4 heteroatoms. The fraction of sp³-hybridized carbons (Fsp3) is 0.182. The van der Waals surface area contributed by atoms with Crippen LogP contribution in [0.25, 0.3) is 0 Å². The Balaban J connectivity index is 2.41. The van der Waals surface area contributed by atoms with Crippen LogP contribution in [0.2, 0.25) is 5.02 Å². The molecule has 0 N–H and O–H groups in total. The van der Waals surface area contributed by atoms with E-state index in [-0.39, 0.29) is 5.78 Å². The number of thiophene rings is 1. The van der Waals surface area contributed by atoms with Crippen LogP contribution in [0.1, 0.15) is 26.8 Å². The van der Waals surface area contributed by atoms with Gasteiger partial charge in [-0.25, -0.2) is 0 Å². The van der Waals surface area contributed by atoms with Gasteiger partial charge < -0.3 is 4.42 Å². The largest absolute Gasteiger partial charge is 0.458 e. The van der Waals surface area contributed by atoms with E-state index < -0.39 is 0 Å². The van der Waals surface area contributed by atoms with Crippen molar-refractivity contribution in [2.75, 3.05) is 0 Å². The number of ketones is 1. The Morgan fingerprint density at radius 3 is 2.60 bits per heavy atom. The highest BCUT2D eigenvalue weighted by Gasteiger charge is 2.18. The summed E-state index contributed by atoms with van der Waals surface area (Å²) in [5.41, 5.74) is 0.924. The molecular formula is C11H9ClO2S. The molecule has 2 aromatic rings. The van der Waals surface area contributed by atoms with Gasteiger partial charge in [0.2, 0.25) is 5.78 Å². The van der Waals surface area contributed by atoms with Crippen LogP contribution in [0.15, 0.2) is 21.9 Å². The molecule has 0 aliphatic carbocycles. The number of aryl methyl sites for hydroxylation is 2. The topological polar surface area (TPSA) is 30.2 Å². The summed E-state index contributed by atoms with van der Waals surface area (Å²) >= 11 is 7.36. The first kappa shape index (κ1) is 10.5. The number of carbonyl (C=O) groups excluding carboxylic acids is 1. The van der Waals surface area contributed by atoms with Gasteiger partial charge in [0.1, 0.15) is 5.76 Å². The number of rotatable bonds is 2. The highest BCUT2D eigenvalue weighted by Crippen LogP contribution is 2.29. The van der Waals surface area contributed by atoms with Crippen molar-refractivity contribution < 1.29 is 9.21 Å². The molecule has 15 heavy (non-hydrogen) atoms. The Hall–Kier alpha value is -1.06. The molecular weight excluding hydrogens is 232 g/mol. The highest BCUT2D eigenvalue weighted by atomic mass is 35.5. The maximum Gasteiger partial charge on any atom is 0.239 e. The standard InChI is InChI=1S/C11H9ClO2S/c1-6-5-15-11(9(6)12)10(13)8-4-3-7(2)14-8/h3-5H,1-2H3. The maximum atomic E-state index is 11.9. The van der Waals surface area contributed by atoms with Gasteiger partial charge in [-0.1, -0.05) is 11.6 Å². The normalized spacial score (nSPS) is 10.6. The van der Waals surface area contributed by atoms with Gasteiger partial charge in [-0.05, 0) is 36.9 Å². The first-order valence-electron chi connectivity index (χ1n) is 4.44. The lowest BCUT2D eigenvalue weighted by molar-refractivity contribution is 0.101. The summed E-state index contributed by atoms with van der Waals surface area (Å²) in [5, 5.41) is 2.39. The second kappa shape index (κ2) is 3.83. The van der Waals surface area contributed by atoms with E-state index in [2.05, 4.69) is 0 Å². The predicted octanol–water partition coefficient (Wildman–Crippen LogP) is 3.84. The summed E-state index contributed by atoms with van der Waals surface area (Å²) in [7, 11) is 0. The quantitative estimate of drug-likeness (QED) is 0.747. The minimum absolute atomic E-state index is 0.147. The minimum Gasteiger partial charge on any atom is -0.458 e. The summed E-state index contributed by atoms with van der Waals surface area (Å²) in [6.07, 6.45) is 0. The summed E-state index contributed by atoms with van der Waals surface area (Å²) in [6, 6.07) is 3.44. The van der Waals surface area contributed by atoms with Crippen LogP contribution in [0.5, 0.6) is 0 Å². The predicted molar refractivity (Wildman–Crippen MR) is 60.9 cm³/mol. The summed E-state index contributed by atoms with van der Waals surface area (Å²) in [5.74, 6) is 0.921. The van der Waals surface area contributed by atoms with E-state index >= 15 is 0 Å². The Labute approximate surface area is 96.5 Å². The zero-order chi connectivity index (χ0) is 11.0. The lowest BCUT2D eigenvalue weighted by Crippen LogP contribution is -1.97. The van der Waals surface area contributed by atoms with E-state index in [9.17, 15) is 4.79 Å². The third-order valence-electron chi connectivity index (χ3n) is 2.07. The van der Waals surface area contributed by atoms with E-state index in [1.165, 1.54) is 11.3 Å². The molecule has 0 saturated heterocycles. The van der Waals surface area contributed by atoms with E-state index in [0.717, 1.165) is 11.3 Å². The van der Waals surface area contributed by atoms with Crippen molar-refractivity contribution in [2.45, 2.75) is 13.8 Å². The molecule has 2 aromatic heterocycles. The summed E-state index contributed by atoms with van der Waals surface area (Å²) < 4.78 is 5.26. The van der Waals surface area contributed by atoms with Crippen molar-refractivity contribution in [1.82, 2.24) is 0 Å². The molecule has 2 heterocycles. The average Bonchev–Trinajstić information content (AvgIpc) is 2.75. The molecule has 0 radical (unpaired) electrons. The zero-order valence-electron chi connectivity index (χ0n) is 8.33. The number of hydrogen-bond acceptors (Lipinski definition) is 3. The third kappa shape index (κ3) is 1.85. The zero-order valence-corrected chi connectivity index (χ0v) is 9.91. The van der Waals surface area contributed by atoms with E-state index in [0.29, 0.717) is 15.7 Å². The first-order chi connectivity index (χ1) is 7.09. The fourth-order valence-electron chi connectivity index (χ4n) is 1.25. The van der Waals surface area contributed by atoms with E-state index in [4.69, 9.17) is 16.0 Å². The Morgan fingerprint density at radius 2 is 2.13 bits per heavy atom. The van der Waals surface area contributed by atoms with Gasteiger partial charge in [-0.3, -0.25) is 4.79 Å². The lowest BCUT2D eigenvalue weighted by Gasteiger charge is -1.94. The second-order valence-electron chi connectivity index (χ2n) is 3.30. The van der Waals surface area contributed by atoms with Crippen LogP contribution in [-0.4, -0.2) is 5.78 Å². The molecule has 0 aromatic carbocycles. The molecule has 2 nitrogen and oxygen atoms in total. The fourth-order valence-corrected chi connectivity index (χ4v) is 2.47. The van der Waals surface area contributed by atoms with Crippen LogP contribution >= 0.6 is 22.9 Å². The van der Waals surface area contributed by atoms with Gasteiger partial charge in [0, 0.05) is 0 Å². The van der Waals surface area contributed by atoms with Crippen molar-refractivity contribution in [3.05, 3.63) is 44.5 Å². The number of halogens is 1. The number of furan rings is 1. The Bertz CT molecular complexity index is 510. The highest BCUT2D eigenvalue weighted by molar-refractivity contribution is 7.13. The summed E-state index contributed by atoms with van der Waals surface area (Å²) in [6.45, 7) is 3.68. The monoisotopic (exact) mass is 240 g/mol. The van der Waals surface area contributed by atoms with Crippen molar-refractivity contribution in [3.8, 4) is 0 Å². The third-order valence-corrected chi connectivity index (χ3v) is 3.77. The van der Waals surface area contributed by atoms with Gasteiger partial charge in [-0.15, -0.1) is 11.3 Å². The molecule has 78 valence electrons. The molecule has 0 unspecified atom stereocenters. The lowest BCUT2D eigenvalue weighted by atomic mass is 10.2. The van der Waals surface area contributed by atoms with Crippen LogP contribution in [0.4, 0.5) is 0 Å². The van der Waals surface area contributed by atoms with Crippen molar-refractivity contribution in [2.24, 2.45) is 0 Å². The molecule has 0 bridgehead atoms. The van der Waals surface area contributed by atoms with Gasteiger partial charge >= 0.3 is 0 Å². The molecule has 0 atom stereocenters. The molecule has 0 spiro atoms. The van der Waals surface area contributed by atoms with Gasteiger partial charge in [0.05, 0.1) is 9.90 Å². The van der Waals surface area contributed by atoms with E-state index in [1.54, 1.807) is 19.1 Å². The minimum atomic E-state index is -0.147. The van der Waals surface area contributed by atoms with Crippen LogP contribution in [0.3, 0.4) is 0 Å². The van der Waals surface area contributed by atoms with Crippen LogP contribution < -0.4 is 0 Å². The van der Waals surface area contributed by atoms with Crippen molar-refractivity contribution in [3.63, 3.8) is 0 Å². The number of hydrogen-bond donors (Lipinski definition) is 0. The maximum absolute atomic E-state index is 11.9. The molecule has 2 rings (SSSR count). The Morgan fingerprint density at radius 1 is 1.40 bits per heavy atom. The van der Waals surface area contributed by atoms with E-state index in [1.807, 2.05) is 12.3 Å². The summed E-state index contributed by atoms with van der Waals surface area (Å²) in [4.78, 5) is 12.5. The van der Waals surface area contributed by atoms with Crippen molar-refractivity contribution >= 4 is 28.7 Å². The SMILES string of the molecule is Cc1ccc(C(=O)c2scc(C)c2Cl)o1. The van der Waals surface area contributed by atoms with Crippen LogP contribution in [0, 0.1) is 13.8 Å². The Kier molecular flexibility index (Phi) is 2.67. The van der Waals surface area contributed by atoms with Crippen molar-refractivity contribution in [1.29, 1.82) is 0 Å². The number of carbonyl (C=O) groups is 1. The van der Waals surface area contributed by atoms with Gasteiger partial charge in [-0.2, -0.15) is 0 Å². The molecule has 0 aliphatic heterocycles. The molecule has 0 aliphatic rings. The smallest absolute Gasteiger partial charge is 0.239 e. The van der Waals surface area contributed by atoms with Gasteiger partial charge in [0.15, 0.2) is 5.76 Å². The molecule has 0 amide bonds. The average molecular weight is 241 g/mol. The molecule has 0 fully saturated rings. The second-order valence-corrected chi connectivity index (χ2v) is 4.56. The first-order valence-corrected chi connectivity index (χ1v) is 5.70. The van der Waals surface area contributed by atoms with Gasteiger partial charge in [0.25, 0.3) is 0 Å². The molecule has 0 saturated carbocycles. The van der Waals surface area contributed by atoms with Crippen LogP contribution in [-0.2, 0) is 0 Å².